The summed E-state index contributed by atoms with van der Waals surface area (Å²) in [6.45, 7) is 2.19. The smallest absolute Gasteiger partial charge is 0.0444 e. The third kappa shape index (κ3) is 1.23. The predicted octanol–water partition coefficient (Wildman–Crippen LogP) is 2.61. The summed E-state index contributed by atoms with van der Waals surface area (Å²) in [5.41, 5.74) is 10.5. The van der Waals surface area contributed by atoms with Crippen LogP contribution in [0.1, 0.15) is 36.4 Å². The summed E-state index contributed by atoms with van der Waals surface area (Å²) in [5, 5.41) is 0. The van der Waals surface area contributed by atoms with Crippen molar-refractivity contribution >= 4 is 5.69 Å². The lowest BCUT2D eigenvalue weighted by Gasteiger charge is -2.42. The molecule has 0 aromatic heterocycles. The summed E-state index contributed by atoms with van der Waals surface area (Å²) >= 11 is 0. The molecule has 1 aromatic rings. The van der Waals surface area contributed by atoms with E-state index in [1.165, 1.54) is 36.1 Å². The molecule has 2 heteroatoms. The summed E-state index contributed by atoms with van der Waals surface area (Å²) in [6, 6.07) is 7.45. The van der Waals surface area contributed by atoms with Gasteiger partial charge in [-0.25, -0.2) is 0 Å². The topological polar surface area (TPSA) is 29.3 Å². The standard InChI is InChI=1S/C14H20N2/c1-9-5-3-7-11-13(15)10-6-4-8-12(10)16(2)14(9)11/h3,5,7,10,12-13H,4,6,8,15H2,1-2H3. The Balaban J connectivity index is 2.15. The van der Waals surface area contributed by atoms with Crippen LogP contribution in [0.4, 0.5) is 5.69 Å². The van der Waals surface area contributed by atoms with Crippen molar-refractivity contribution in [2.75, 3.05) is 11.9 Å². The fourth-order valence-corrected chi connectivity index (χ4v) is 3.70. The largest absolute Gasteiger partial charge is 0.371 e. The number of hydrogen-bond donors (Lipinski definition) is 1. The normalized spacial score (nSPS) is 32.4. The molecule has 1 aromatic carbocycles. The van der Waals surface area contributed by atoms with Gasteiger partial charge in [0, 0.05) is 24.8 Å². The zero-order chi connectivity index (χ0) is 11.3. The lowest BCUT2D eigenvalue weighted by atomic mass is 9.82. The van der Waals surface area contributed by atoms with Crippen molar-refractivity contribution in [2.45, 2.75) is 38.3 Å². The monoisotopic (exact) mass is 216 g/mol. The molecule has 0 amide bonds. The minimum atomic E-state index is 0.249. The fraction of sp³-hybridized carbons (Fsp3) is 0.571. The Hall–Kier alpha value is -1.02. The van der Waals surface area contributed by atoms with Crippen molar-refractivity contribution < 1.29 is 0 Å². The number of benzene rings is 1. The van der Waals surface area contributed by atoms with Gasteiger partial charge in [-0.15, -0.1) is 0 Å². The first-order valence-electron chi connectivity index (χ1n) is 6.28. The highest BCUT2D eigenvalue weighted by molar-refractivity contribution is 5.63. The molecule has 0 bridgehead atoms. The van der Waals surface area contributed by atoms with Crippen LogP contribution in [0, 0.1) is 12.8 Å². The predicted molar refractivity (Wildman–Crippen MR) is 67.6 cm³/mol. The van der Waals surface area contributed by atoms with E-state index in [9.17, 15) is 0 Å². The first kappa shape index (κ1) is 10.2. The second kappa shape index (κ2) is 3.49. The molecule has 2 aliphatic rings. The van der Waals surface area contributed by atoms with Crippen LogP contribution in [0.15, 0.2) is 18.2 Å². The van der Waals surface area contributed by atoms with Crippen molar-refractivity contribution in [2.24, 2.45) is 11.7 Å². The van der Waals surface area contributed by atoms with Crippen molar-refractivity contribution in [1.29, 1.82) is 0 Å². The SMILES string of the molecule is Cc1cccc2c1N(C)C1CCCC1C2N. The average molecular weight is 216 g/mol. The molecule has 1 aliphatic carbocycles. The average Bonchev–Trinajstić information content (AvgIpc) is 2.75. The van der Waals surface area contributed by atoms with Crippen molar-refractivity contribution in [3.8, 4) is 0 Å². The number of fused-ring (bicyclic) bond motifs is 2. The Morgan fingerprint density at radius 1 is 1.31 bits per heavy atom. The molecule has 1 fully saturated rings. The van der Waals surface area contributed by atoms with E-state index in [-0.39, 0.29) is 6.04 Å². The van der Waals surface area contributed by atoms with Gasteiger partial charge in [-0.3, -0.25) is 0 Å². The van der Waals surface area contributed by atoms with Crippen molar-refractivity contribution in [1.82, 2.24) is 0 Å². The molecular formula is C14H20N2. The van der Waals surface area contributed by atoms with Gasteiger partial charge < -0.3 is 10.6 Å². The molecule has 0 spiro atoms. The molecule has 0 saturated heterocycles. The summed E-state index contributed by atoms with van der Waals surface area (Å²) in [4.78, 5) is 2.48. The molecule has 0 radical (unpaired) electrons. The van der Waals surface area contributed by atoms with E-state index >= 15 is 0 Å². The second-order valence-electron chi connectivity index (χ2n) is 5.31. The third-order valence-corrected chi connectivity index (χ3v) is 4.47. The van der Waals surface area contributed by atoms with Gasteiger partial charge in [-0.05, 0) is 36.8 Å². The highest BCUT2D eigenvalue weighted by atomic mass is 15.2. The number of anilines is 1. The van der Waals surface area contributed by atoms with E-state index < -0.39 is 0 Å². The van der Waals surface area contributed by atoms with Gasteiger partial charge in [0.25, 0.3) is 0 Å². The zero-order valence-electron chi connectivity index (χ0n) is 10.1. The number of para-hydroxylation sites is 1. The first-order valence-corrected chi connectivity index (χ1v) is 6.28. The number of rotatable bonds is 0. The van der Waals surface area contributed by atoms with E-state index in [1.807, 2.05) is 0 Å². The van der Waals surface area contributed by atoms with Crippen LogP contribution in [0.3, 0.4) is 0 Å². The number of hydrogen-bond acceptors (Lipinski definition) is 2. The fourth-order valence-electron chi connectivity index (χ4n) is 3.70. The molecule has 1 aliphatic heterocycles. The summed E-state index contributed by atoms with van der Waals surface area (Å²) in [5.74, 6) is 0.666. The molecule has 1 heterocycles. The molecule has 3 unspecified atom stereocenters. The Morgan fingerprint density at radius 3 is 2.94 bits per heavy atom. The third-order valence-electron chi connectivity index (χ3n) is 4.47. The van der Waals surface area contributed by atoms with E-state index in [2.05, 4.69) is 37.1 Å². The van der Waals surface area contributed by atoms with E-state index in [1.54, 1.807) is 0 Å². The highest BCUT2D eigenvalue weighted by Gasteiger charge is 2.40. The van der Waals surface area contributed by atoms with Gasteiger partial charge in [0.1, 0.15) is 0 Å². The lowest BCUT2D eigenvalue weighted by Crippen LogP contribution is -2.44. The molecule has 1 saturated carbocycles. The van der Waals surface area contributed by atoms with Crippen LogP contribution >= 0.6 is 0 Å². The Kier molecular flexibility index (Phi) is 2.21. The summed E-state index contributed by atoms with van der Waals surface area (Å²) in [7, 11) is 2.24. The Labute approximate surface area is 97.4 Å². The number of nitrogens with zero attached hydrogens (tertiary/aromatic N) is 1. The van der Waals surface area contributed by atoms with Crippen LogP contribution in [-0.2, 0) is 0 Å². The molecule has 3 rings (SSSR count). The number of nitrogens with two attached hydrogens (primary N) is 1. The van der Waals surface area contributed by atoms with Gasteiger partial charge in [0.15, 0.2) is 0 Å². The number of aryl methyl sites for hydroxylation is 1. The van der Waals surface area contributed by atoms with Gasteiger partial charge in [-0.1, -0.05) is 24.6 Å². The van der Waals surface area contributed by atoms with Crippen LogP contribution < -0.4 is 10.6 Å². The quantitative estimate of drug-likeness (QED) is 0.722. The molecule has 3 atom stereocenters. The van der Waals surface area contributed by atoms with Crippen LogP contribution in [0.25, 0.3) is 0 Å². The Bertz CT molecular complexity index is 413. The maximum atomic E-state index is 6.44. The van der Waals surface area contributed by atoms with Gasteiger partial charge in [-0.2, -0.15) is 0 Å². The molecule has 2 N–H and O–H groups in total. The molecular weight excluding hydrogens is 196 g/mol. The van der Waals surface area contributed by atoms with Gasteiger partial charge >= 0.3 is 0 Å². The summed E-state index contributed by atoms with van der Waals surface area (Å²) in [6.07, 6.45) is 3.94. The first-order chi connectivity index (χ1) is 7.70. The highest BCUT2D eigenvalue weighted by Crippen LogP contribution is 2.46. The van der Waals surface area contributed by atoms with Crippen LogP contribution in [0.2, 0.25) is 0 Å². The van der Waals surface area contributed by atoms with Crippen molar-refractivity contribution in [3.05, 3.63) is 29.3 Å². The van der Waals surface area contributed by atoms with E-state index in [0.29, 0.717) is 12.0 Å². The zero-order valence-corrected chi connectivity index (χ0v) is 10.1. The minimum Gasteiger partial charge on any atom is -0.371 e. The van der Waals surface area contributed by atoms with Gasteiger partial charge in [0.05, 0.1) is 0 Å². The van der Waals surface area contributed by atoms with Crippen LogP contribution in [0.5, 0.6) is 0 Å². The van der Waals surface area contributed by atoms with E-state index in [4.69, 9.17) is 5.73 Å². The molecule has 86 valence electrons. The second-order valence-corrected chi connectivity index (χ2v) is 5.31. The van der Waals surface area contributed by atoms with Gasteiger partial charge in [0.2, 0.25) is 0 Å². The summed E-state index contributed by atoms with van der Waals surface area (Å²) < 4.78 is 0. The maximum absolute atomic E-state index is 6.44. The lowest BCUT2D eigenvalue weighted by molar-refractivity contribution is 0.369. The Morgan fingerprint density at radius 2 is 2.12 bits per heavy atom. The maximum Gasteiger partial charge on any atom is 0.0444 e. The molecule has 16 heavy (non-hydrogen) atoms. The van der Waals surface area contributed by atoms with E-state index in [0.717, 1.165) is 0 Å². The van der Waals surface area contributed by atoms with Crippen LogP contribution in [-0.4, -0.2) is 13.1 Å². The van der Waals surface area contributed by atoms with Crippen molar-refractivity contribution in [3.63, 3.8) is 0 Å². The minimum absolute atomic E-state index is 0.249. The molecule has 2 nitrogen and oxygen atoms in total.